The summed E-state index contributed by atoms with van der Waals surface area (Å²) in [6.45, 7) is 1.83. The smallest absolute Gasteiger partial charge is 0.141 e. The first-order chi connectivity index (χ1) is 8.49. The van der Waals surface area contributed by atoms with Crippen molar-refractivity contribution in [3.05, 3.63) is 46.3 Å². The van der Waals surface area contributed by atoms with Crippen LogP contribution in [-0.2, 0) is 13.5 Å². The van der Waals surface area contributed by atoms with Gasteiger partial charge >= 0.3 is 0 Å². The molecule has 2 aromatic heterocycles. The van der Waals surface area contributed by atoms with Gasteiger partial charge < -0.3 is 5.73 Å². The number of nitrogens with zero attached hydrogens (tertiary/aromatic N) is 3. The molecule has 96 valence electrons. The van der Waals surface area contributed by atoms with Crippen molar-refractivity contribution in [2.45, 2.75) is 19.4 Å². The van der Waals surface area contributed by atoms with Crippen LogP contribution in [0, 0.1) is 12.7 Å². The van der Waals surface area contributed by atoms with E-state index < -0.39 is 5.82 Å². The van der Waals surface area contributed by atoms with Gasteiger partial charge in [0, 0.05) is 25.7 Å². The average molecular weight is 269 g/mol. The lowest BCUT2D eigenvalue weighted by molar-refractivity contribution is 0.603. The van der Waals surface area contributed by atoms with Crippen LogP contribution < -0.4 is 5.73 Å². The molecule has 1 unspecified atom stereocenters. The number of pyridine rings is 1. The minimum Gasteiger partial charge on any atom is -0.324 e. The van der Waals surface area contributed by atoms with Crippen molar-refractivity contribution in [1.29, 1.82) is 0 Å². The Bertz CT molecular complexity index is 567. The summed E-state index contributed by atoms with van der Waals surface area (Å²) in [4.78, 5) is 3.79. The Morgan fingerprint density at radius 1 is 1.50 bits per heavy atom. The molecule has 0 amide bonds. The molecule has 0 spiro atoms. The molecule has 1 atom stereocenters. The van der Waals surface area contributed by atoms with E-state index in [1.807, 2.05) is 14.0 Å². The van der Waals surface area contributed by atoms with E-state index in [9.17, 15) is 4.39 Å². The highest BCUT2D eigenvalue weighted by molar-refractivity contribution is 6.31. The van der Waals surface area contributed by atoms with E-state index in [2.05, 4.69) is 10.1 Å². The van der Waals surface area contributed by atoms with Crippen molar-refractivity contribution >= 4 is 11.6 Å². The molecule has 0 aliphatic heterocycles. The Labute approximate surface area is 110 Å². The number of hydrogen-bond donors (Lipinski definition) is 1. The van der Waals surface area contributed by atoms with E-state index in [0.717, 1.165) is 17.6 Å². The summed E-state index contributed by atoms with van der Waals surface area (Å²) in [5.41, 5.74) is 8.28. The van der Waals surface area contributed by atoms with Gasteiger partial charge in [-0.2, -0.15) is 5.10 Å². The zero-order valence-electron chi connectivity index (χ0n) is 10.2. The van der Waals surface area contributed by atoms with E-state index in [1.165, 1.54) is 6.07 Å². The molecule has 18 heavy (non-hydrogen) atoms. The topological polar surface area (TPSA) is 56.7 Å². The Kier molecular flexibility index (Phi) is 3.63. The Morgan fingerprint density at radius 2 is 2.22 bits per heavy atom. The van der Waals surface area contributed by atoms with Gasteiger partial charge in [0.2, 0.25) is 0 Å². The second-order valence-electron chi connectivity index (χ2n) is 4.22. The molecule has 4 nitrogen and oxygen atoms in total. The summed E-state index contributed by atoms with van der Waals surface area (Å²) in [6.07, 6.45) is 3.20. The Balaban J connectivity index is 2.24. The van der Waals surface area contributed by atoms with Crippen molar-refractivity contribution in [2.75, 3.05) is 0 Å². The molecule has 0 fully saturated rings. The summed E-state index contributed by atoms with van der Waals surface area (Å²) >= 11 is 6.15. The van der Waals surface area contributed by atoms with Gasteiger partial charge in [0.15, 0.2) is 0 Å². The van der Waals surface area contributed by atoms with Crippen LogP contribution in [0.4, 0.5) is 4.39 Å². The first kappa shape index (κ1) is 13.0. The largest absolute Gasteiger partial charge is 0.324 e. The van der Waals surface area contributed by atoms with Crippen LogP contribution in [0.25, 0.3) is 0 Å². The van der Waals surface area contributed by atoms with E-state index >= 15 is 0 Å². The van der Waals surface area contributed by atoms with Crippen LogP contribution in [0.15, 0.2) is 18.5 Å². The Morgan fingerprint density at radius 3 is 2.78 bits per heavy atom. The number of rotatable bonds is 3. The quantitative estimate of drug-likeness (QED) is 0.928. The third-order valence-electron chi connectivity index (χ3n) is 2.83. The molecular formula is C12H14ClFN4. The maximum absolute atomic E-state index is 13.1. The third-order valence-corrected chi connectivity index (χ3v) is 3.32. The maximum atomic E-state index is 13.1. The second kappa shape index (κ2) is 5.04. The minimum atomic E-state index is -0.393. The van der Waals surface area contributed by atoms with Gasteiger partial charge in [0.05, 0.1) is 22.6 Å². The summed E-state index contributed by atoms with van der Waals surface area (Å²) in [6, 6.07) is 1.02. The highest BCUT2D eigenvalue weighted by atomic mass is 35.5. The molecule has 0 aliphatic rings. The van der Waals surface area contributed by atoms with Gasteiger partial charge in [0.25, 0.3) is 0 Å². The standard InChI is InChI=1S/C12H14ClFN4/c1-7-12(13)11(18(2)17-7)4-10(15)8-3-9(14)6-16-5-8/h3,5-6,10H,4,15H2,1-2H3. The lowest BCUT2D eigenvalue weighted by Crippen LogP contribution is -2.16. The normalized spacial score (nSPS) is 12.7. The van der Waals surface area contributed by atoms with Crippen molar-refractivity contribution in [3.8, 4) is 0 Å². The summed E-state index contributed by atoms with van der Waals surface area (Å²) in [7, 11) is 1.81. The molecule has 0 aliphatic carbocycles. The lowest BCUT2D eigenvalue weighted by atomic mass is 10.0. The summed E-state index contributed by atoms with van der Waals surface area (Å²) in [5, 5.41) is 4.82. The van der Waals surface area contributed by atoms with Crippen LogP contribution in [0.3, 0.4) is 0 Å². The molecular weight excluding hydrogens is 255 g/mol. The second-order valence-corrected chi connectivity index (χ2v) is 4.59. The van der Waals surface area contributed by atoms with Crippen LogP contribution in [0.2, 0.25) is 5.02 Å². The van der Waals surface area contributed by atoms with Gasteiger partial charge in [-0.15, -0.1) is 0 Å². The van der Waals surface area contributed by atoms with Gasteiger partial charge in [-0.1, -0.05) is 11.6 Å². The monoisotopic (exact) mass is 268 g/mol. The first-order valence-corrected chi connectivity index (χ1v) is 5.91. The predicted octanol–water partition coefficient (Wildman–Crippen LogP) is 2.16. The van der Waals surface area contributed by atoms with E-state index in [4.69, 9.17) is 17.3 Å². The average Bonchev–Trinajstić information content (AvgIpc) is 2.56. The number of aromatic nitrogens is 3. The molecule has 2 N–H and O–H groups in total. The van der Waals surface area contributed by atoms with Crippen molar-refractivity contribution in [3.63, 3.8) is 0 Å². The summed E-state index contributed by atoms with van der Waals surface area (Å²) < 4.78 is 14.8. The fraction of sp³-hybridized carbons (Fsp3) is 0.333. The van der Waals surface area contributed by atoms with Gasteiger partial charge in [-0.25, -0.2) is 4.39 Å². The number of hydrogen-bond acceptors (Lipinski definition) is 3. The molecule has 2 aromatic rings. The highest BCUT2D eigenvalue weighted by Crippen LogP contribution is 2.24. The highest BCUT2D eigenvalue weighted by Gasteiger charge is 2.16. The molecule has 0 saturated carbocycles. The van der Waals surface area contributed by atoms with E-state index in [-0.39, 0.29) is 6.04 Å². The van der Waals surface area contributed by atoms with Crippen LogP contribution >= 0.6 is 11.6 Å². The van der Waals surface area contributed by atoms with Gasteiger partial charge in [-0.3, -0.25) is 9.67 Å². The Hall–Kier alpha value is -1.46. The predicted molar refractivity (Wildman–Crippen MR) is 67.8 cm³/mol. The molecule has 0 radical (unpaired) electrons. The lowest BCUT2D eigenvalue weighted by Gasteiger charge is -2.12. The molecule has 2 heterocycles. The molecule has 2 rings (SSSR count). The molecule has 0 aromatic carbocycles. The minimum absolute atomic E-state index is 0.361. The first-order valence-electron chi connectivity index (χ1n) is 5.53. The van der Waals surface area contributed by atoms with Crippen molar-refractivity contribution in [1.82, 2.24) is 14.8 Å². The summed E-state index contributed by atoms with van der Waals surface area (Å²) in [5.74, 6) is -0.393. The zero-order chi connectivity index (χ0) is 13.3. The zero-order valence-corrected chi connectivity index (χ0v) is 10.9. The maximum Gasteiger partial charge on any atom is 0.141 e. The fourth-order valence-corrected chi connectivity index (χ4v) is 2.10. The fourth-order valence-electron chi connectivity index (χ4n) is 1.86. The van der Waals surface area contributed by atoms with Gasteiger partial charge in [0.1, 0.15) is 5.82 Å². The number of aryl methyl sites for hydroxylation is 2. The van der Waals surface area contributed by atoms with E-state index in [0.29, 0.717) is 17.0 Å². The SMILES string of the molecule is Cc1nn(C)c(CC(N)c2cncc(F)c2)c1Cl. The van der Waals surface area contributed by atoms with Crippen LogP contribution in [0.1, 0.15) is 23.0 Å². The van der Waals surface area contributed by atoms with E-state index in [1.54, 1.807) is 10.9 Å². The van der Waals surface area contributed by atoms with Crippen LogP contribution in [-0.4, -0.2) is 14.8 Å². The third kappa shape index (κ3) is 2.52. The van der Waals surface area contributed by atoms with Crippen molar-refractivity contribution in [2.24, 2.45) is 12.8 Å². The number of halogens is 2. The van der Waals surface area contributed by atoms with Gasteiger partial charge in [-0.05, 0) is 18.6 Å². The molecule has 0 saturated heterocycles. The van der Waals surface area contributed by atoms with Crippen LogP contribution in [0.5, 0.6) is 0 Å². The molecule has 0 bridgehead atoms. The number of nitrogens with two attached hydrogens (primary N) is 1. The molecule has 6 heteroatoms. The van der Waals surface area contributed by atoms with Crippen molar-refractivity contribution < 1.29 is 4.39 Å².